The number of aromatic nitrogens is 1. The molecule has 8 aromatic carbocycles. The third-order valence-electron chi connectivity index (χ3n) is 13.3. The summed E-state index contributed by atoms with van der Waals surface area (Å²) in [6.45, 7) is 12.8. The second-order valence-electron chi connectivity index (χ2n) is 17.1. The van der Waals surface area contributed by atoms with Gasteiger partial charge in [0.2, 0.25) is 0 Å². The van der Waals surface area contributed by atoms with E-state index in [-0.39, 0.29) is 5.41 Å². The van der Waals surface area contributed by atoms with E-state index in [0.717, 1.165) is 28.9 Å². The van der Waals surface area contributed by atoms with Gasteiger partial charge in [0.1, 0.15) is 0 Å². The number of hydrogen-bond donors (Lipinski definition) is 0. The summed E-state index contributed by atoms with van der Waals surface area (Å²) in [5.41, 5.74) is 19.5. The molecule has 302 valence electrons. The second-order valence-corrected chi connectivity index (χ2v) is 17.1. The molecule has 62 heavy (non-hydrogen) atoms. The second kappa shape index (κ2) is 16.4. The quantitative estimate of drug-likeness (QED) is 0.105. The molecule has 0 amide bonds. The Balaban J connectivity index is 1.14. The summed E-state index contributed by atoms with van der Waals surface area (Å²) in [4.78, 5) is 2.40. The van der Waals surface area contributed by atoms with Crippen molar-refractivity contribution in [1.29, 1.82) is 0 Å². The monoisotopic (exact) mass is 800 g/mol. The fraction of sp³-hybridized carbons (Fsp3) is 0.133. The highest BCUT2D eigenvalue weighted by Gasteiger charge is 2.40. The van der Waals surface area contributed by atoms with Crippen LogP contribution >= 0.6 is 0 Å². The lowest BCUT2D eigenvalue weighted by molar-refractivity contribution is 0.487. The highest BCUT2D eigenvalue weighted by molar-refractivity contribution is 6.11. The Morgan fingerprint density at radius 1 is 0.484 bits per heavy atom. The van der Waals surface area contributed by atoms with Crippen LogP contribution in [0.3, 0.4) is 0 Å². The van der Waals surface area contributed by atoms with Gasteiger partial charge >= 0.3 is 0 Å². The Kier molecular flexibility index (Phi) is 10.3. The lowest BCUT2D eigenvalue weighted by Crippen LogP contribution is -2.21. The number of hydrogen-bond acceptors (Lipinski definition) is 1. The van der Waals surface area contributed by atoms with Crippen LogP contribution in [-0.4, -0.2) is 4.57 Å². The normalized spacial score (nSPS) is 14.2. The molecular weight excluding hydrogens is 749 g/mol. The topological polar surface area (TPSA) is 8.17 Å². The third kappa shape index (κ3) is 6.86. The molecule has 0 spiro atoms. The Morgan fingerprint density at radius 3 is 1.50 bits per heavy atom. The van der Waals surface area contributed by atoms with Gasteiger partial charge in [-0.1, -0.05) is 174 Å². The molecule has 0 saturated carbocycles. The zero-order chi connectivity index (χ0) is 42.2. The summed E-state index contributed by atoms with van der Waals surface area (Å²) in [7, 11) is 0. The number of nitrogens with zero attached hydrogens (tertiary/aromatic N) is 2. The van der Waals surface area contributed by atoms with Crippen molar-refractivity contribution in [3.63, 3.8) is 0 Å². The van der Waals surface area contributed by atoms with Crippen LogP contribution in [0.25, 0.3) is 73.0 Å². The van der Waals surface area contributed by atoms with Crippen LogP contribution in [-0.2, 0) is 5.41 Å². The van der Waals surface area contributed by atoms with E-state index in [4.69, 9.17) is 0 Å². The molecular formula is C60H52N2. The fourth-order valence-corrected chi connectivity index (χ4v) is 9.93. The highest BCUT2D eigenvalue weighted by Crippen LogP contribution is 2.54. The highest BCUT2D eigenvalue weighted by atomic mass is 15.1. The Hall–Kier alpha value is -7.16. The van der Waals surface area contributed by atoms with Crippen molar-refractivity contribution in [3.05, 3.63) is 217 Å². The van der Waals surface area contributed by atoms with Gasteiger partial charge in [-0.05, 0) is 135 Å². The molecule has 2 heteroatoms. The van der Waals surface area contributed by atoms with Crippen molar-refractivity contribution in [2.24, 2.45) is 0 Å². The van der Waals surface area contributed by atoms with Crippen molar-refractivity contribution in [1.82, 2.24) is 4.57 Å². The van der Waals surface area contributed by atoms with Gasteiger partial charge in [0.25, 0.3) is 0 Å². The van der Waals surface area contributed by atoms with E-state index in [1.54, 1.807) is 0 Å². The maximum absolute atomic E-state index is 3.97. The SMILES string of the molecule is C=Cc1ccc(-c2ccc3c(c2)c2cc(-c4ccc(C=C)cc4)ccc2n3-c2ccc3c(c2)C(C)(CCCCCC)c2cc(N(c4ccccc4)c4ccccc4)ccc2-3)cc1. The summed E-state index contributed by atoms with van der Waals surface area (Å²) in [5.74, 6) is 0. The lowest BCUT2D eigenvalue weighted by Gasteiger charge is -2.30. The standard InChI is InChI=1S/C60H52N2/c1-5-8-9-16-37-60(4)56-40-50(61(48-17-12-10-13-18-48)49-19-14-11-15-20-49)31-33-52(56)53-34-32-51(41-57(53)60)62-58-35-29-46(44-25-21-42(6-2)22-26-44)38-54(58)55-39-47(30-36-59(55)62)45-27-23-43(7-3)24-28-45/h6-7,10-15,17-36,38-41H,2-3,5,8-9,16,37H2,1,4H3. The molecule has 0 N–H and O–H groups in total. The van der Waals surface area contributed by atoms with E-state index in [2.05, 4.69) is 218 Å². The first kappa shape index (κ1) is 39.0. The first-order chi connectivity index (χ1) is 30.5. The smallest absolute Gasteiger partial charge is 0.0541 e. The number of rotatable bonds is 13. The Bertz CT molecular complexity index is 2930. The summed E-state index contributed by atoms with van der Waals surface area (Å²) < 4.78 is 2.50. The van der Waals surface area contributed by atoms with Crippen LogP contribution in [0.2, 0.25) is 0 Å². The maximum atomic E-state index is 3.97. The largest absolute Gasteiger partial charge is 0.310 e. The lowest BCUT2D eigenvalue weighted by atomic mass is 9.75. The van der Waals surface area contributed by atoms with Crippen LogP contribution in [0.15, 0.2) is 195 Å². The van der Waals surface area contributed by atoms with Gasteiger partial charge < -0.3 is 9.47 Å². The Labute approximate surface area is 366 Å². The van der Waals surface area contributed by atoms with Gasteiger partial charge in [-0.3, -0.25) is 0 Å². The van der Waals surface area contributed by atoms with Gasteiger partial charge in [0.05, 0.1) is 11.0 Å². The first-order valence-electron chi connectivity index (χ1n) is 22.2. The molecule has 1 atom stereocenters. The van der Waals surface area contributed by atoms with Gasteiger partial charge in [-0.2, -0.15) is 0 Å². The fourth-order valence-electron chi connectivity index (χ4n) is 9.93. The molecule has 1 unspecified atom stereocenters. The summed E-state index contributed by atoms with van der Waals surface area (Å²) in [5, 5.41) is 2.49. The van der Waals surface area contributed by atoms with Gasteiger partial charge in [-0.15, -0.1) is 0 Å². The van der Waals surface area contributed by atoms with Crippen LogP contribution < -0.4 is 4.90 Å². The van der Waals surface area contributed by atoms with Crippen molar-refractivity contribution in [2.75, 3.05) is 4.90 Å². The van der Waals surface area contributed by atoms with E-state index in [1.807, 2.05) is 12.2 Å². The van der Waals surface area contributed by atoms with Crippen molar-refractivity contribution in [2.45, 2.75) is 51.4 Å². The predicted octanol–water partition coefficient (Wildman–Crippen LogP) is 17.1. The minimum atomic E-state index is -0.169. The van der Waals surface area contributed by atoms with Crippen LogP contribution in [0.5, 0.6) is 0 Å². The van der Waals surface area contributed by atoms with Crippen LogP contribution in [0.4, 0.5) is 17.1 Å². The van der Waals surface area contributed by atoms with Crippen molar-refractivity contribution < 1.29 is 0 Å². The molecule has 1 aliphatic carbocycles. The molecule has 0 bridgehead atoms. The van der Waals surface area contributed by atoms with Crippen LogP contribution in [0, 0.1) is 0 Å². The molecule has 0 aliphatic heterocycles. The zero-order valence-electron chi connectivity index (χ0n) is 35.8. The number of benzene rings is 8. The average Bonchev–Trinajstić information content (AvgIpc) is 3.78. The molecule has 0 radical (unpaired) electrons. The van der Waals surface area contributed by atoms with Crippen molar-refractivity contribution in [3.8, 4) is 39.1 Å². The number of unbranched alkanes of at least 4 members (excludes halogenated alkanes) is 3. The minimum Gasteiger partial charge on any atom is -0.310 e. The number of fused-ring (bicyclic) bond motifs is 6. The van der Waals surface area contributed by atoms with E-state index in [9.17, 15) is 0 Å². The molecule has 2 nitrogen and oxygen atoms in total. The number of para-hydroxylation sites is 2. The summed E-state index contributed by atoms with van der Waals surface area (Å²) in [6, 6.07) is 67.4. The van der Waals surface area contributed by atoms with E-state index in [1.165, 1.54) is 103 Å². The molecule has 10 rings (SSSR count). The van der Waals surface area contributed by atoms with Gasteiger partial charge in [-0.25, -0.2) is 0 Å². The van der Waals surface area contributed by atoms with E-state index < -0.39 is 0 Å². The maximum Gasteiger partial charge on any atom is 0.0541 e. The molecule has 0 fully saturated rings. The number of anilines is 3. The average molecular weight is 801 g/mol. The van der Waals surface area contributed by atoms with Crippen LogP contribution in [0.1, 0.15) is 68.2 Å². The van der Waals surface area contributed by atoms with Crippen molar-refractivity contribution >= 4 is 51.0 Å². The van der Waals surface area contributed by atoms with Gasteiger partial charge in [0.15, 0.2) is 0 Å². The summed E-state index contributed by atoms with van der Waals surface area (Å²) in [6.07, 6.45) is 9.79. The van der Waals surface area contributed by atoms with E-state index in [0.29, 0.717) is 0 Å². The van der Waals surface area contributed by atoms with Gasteiger partial charge in [0, 0.05) is 38.9 Å². The third-order valence-corrected chi connectivity index (χ3v) is 13.3. The minimum absolute atomic E-state index is 0.169. The summed E-state index contributed by atoms with van der Waals surface area (Å²) >= 11 is 0. The molecule has 1 aliphatic rings. The Morgan fingerprint density at radius 2 is 0.984 bits per heavy atom. The van der Waals surface area contributed by atoms with E-state index >= 15 is 0 Å². The first-order valence-corrected chi connectivity index (χ1v) is 22.2. The molecule has 0 saturated heterocycles. The predicted molar refractivity (Wildman–Crippen MR) is 267 cm³/mol. The zero-order valence-corrected chi connectivity index (χ0v) is 35.8. The molecule has 9 aromatic rings. The molecule has 1 aromatic heterocycles. The molecule has 1 heterocycles.